The summed E-state index contributed by atoms with van der Waals surface area (Å²) in [5, 5.41) is 9.24. The van der Waals surface area contributed by atoms with E-state index in [-0.39, 0.29) is 5.37 Å². The Morgan fingerprint density at radius 3 is 2.87 bits per heavy atom. The molecule has 0 aliphatic carbocycles. The molecule has 2 heterocycles. The first-order valence-corrected chi connectivity index (χ1v) is 6.03. The highest BCUT2D eigenvalue weighted by Crippen LogP contribution is 2.50. The van der Waals surface area contributed by atoms with Crippen LogP contribution in [-0.2, 0) is 4.79 Å². The number of carbonyl (C=O) groups is 1. The Morgan fingerprint density at radius 1 is 1.73 bits per heavy atom. The van der Waals surface area contributed by atoms with Gasteiger partial charge in [-0.2, -0.15) is 0 Å². The topological polar surface area (TPSA) is 40.5 Å². The number of allylic oxidation sites excluding steroid dienone is 2. The smallest absolute Gasteiger partial charge is 0.353 e. The van der Waals surface area contributed by atoms with E-state index in [1.165, 1.54) is 0 Å². The second-order valence-electron chi connectivity index (χ2n) is 3.32. The molecule has 2 aliphatic rings. The van der Waals surface area contributed by atoms with Crippen molar-refractivity contribution in [3.8, 4) is 0 Å². The average Bonchev–Trinajstić information content (AvgIpc) is 2.53. The Morgan fingerprint density at radius 2 is 2.40 bits per heavy atom. The minimum Gasteiger partial charge on any atom is -0.477 e. The lowest BCUT2D eigenvalue weighted by atomic mass is 10.1. The van der Waals surface area contributed by atoms with Gasteiger partial charge in [0.2, 0.25) is 0 Å². The number of carboxylic acids is 1. The minimum absolute atomic E-state index is 0.114. The molecule has 2 rings (SSSR count). The number of rotatable bonds is 2. The Labute approximate surface area is 97.8 Å². The van der Waals surface area contributed by atoms with Gasteiger partial charge < -0.3 is 10.0 Å². The summed E-state index contributed by atoms with van der Waals surface area (Å²) >= 11 is 6.79. The summed E-state index contributed by atoms with van der Waals surface area (Å²) in [6, 6.07) is 0. The van der Waals surface area contributed by atoms with Gasteiger partial charge in [0.15, 0.2) is 0 Å². The fourth-order valence-corrected chi connectivity index (χ4v) is 3.82. The minimum atomic E-state index is -0.876. The molecule has 0 spiro atoms. The summed E-state index contributed by atoms with van der Waals surface area (Å²) in [6.45, 7) is 3.90. The maximum Gasteiger partial charge on any atom is 0.353 e. The zero-order valence-electron chi connectivity index (χ0n) is 8.48. The van der Waals surface area contributed by atoms with Crippen molar-refractivity contribution in [2.75, 3.05) is 0 Å². The molecule has 0 aromatic heterocycles. The lowest BCUT2D eigenvalue weighted by Gasteiger charge is -2.40. The van der Waals surface area contributed by atoms with Crippen LogP contribution in [0.1, 0.15) is 20.3 Å². The standard InChI is InChI=1S/C10H11NO2S2/c1-3-5-8(14)11-7(10(12)13)6(4-2)15-9(5)11/h3,9H,4H2,1-2H3,(H,12,13)/b5-3+. The Kier molecular flexibility index (Phi) is 2.60. The largest absolute Gasteiger partial charge is 0.477 e. The zero-order chi connectivity index (χ0) is 11.2. The van der Waals surface area contributed by atoms with Gasteiger partial charge in [-0.15, -0.1) is 0 Å². The predicted octanol–water partition coefficient (Wildman–Crippen LogP) is 2.35. The van der Waals surface area contributed by atoms with E-state index in [1.54, 1.807) is 16.7 Å². The van der Waals surface area contributed by atoms with E-state index < -0.39 is 5.97 Å². The monoisotopic (exact) mass is 241 g/mol. The van der Waals surface area contributed by atoms with Gasteiger partial charge in [0.25, 0.3) is 0 Å². The number of hydrogen-bond acceptors (Lipinski definition) is 3. The van der Waals surface area contributed by atoms with Crippen LogP contribution in [0.2, 0.25) is 0 Å². The zero-order valence-corrected chi connectivity index (χ0v) is 10.1. The third-order valence-corrected chi connectivity index (χ3v) is 4.45. The highest BCUT2D eigenvalue weighted by atomic mass is 32.2. The number of fused-ring (bicyclic) bond motifs is 1. The highest BCUT2D eigenvalue weighted by Gasteiger charge is 2.48. The summed E-state index contributed by atoms with van der Waals surface area (Å²) in [4.78, 5) is 14.4. The lowest BCUT2D eigenvalue weighted by molar-refractivity contribution is -0.134. The van der Waals surface area contributed by atoms with Gasteiger partial charge in [-0.25, -0.2) is 4.79 Å². The summed E-state index contributed by atoms with van der Waals surface area (Å²) in [7, 11) is 0. The Balaban J connectivity index is 2.38. The van der Waals surface area contributed by atoms with Crippen LogP contribution in [0.3, 0.4) is 0 Å². The van der Waals surface area contributed by atoms with Crippen molar-refractivity contribution in [2.45, 2.75) is 25.6 Å². The van der Waals surface area contributed by atoms with E-state index in [1.807, 2.05) is 19.9 Å². The number of aliphatic carboxylic acids is 1. The third kappa shape index (κ3) is 1.33. The molecule has 0 saturated carbocycles. The first-order chi connectivity index (χ1) is 7.11. The number of nitrogens with zero attached hydrogens (tertiary/aromatic N) is 1. The molecule has 3 nitrogen and oxygen atoms in total. The van der Waals surface area contributed by atoms with Gasteiger partial charge in [-0.1, -0.05) is 37.0 Å². The molecule has 80 valence electrons. The van der Waals surface area contributed by atoms with Crippen LogP contribution in [0.15, 0.2) is 22.3 Å². The second-order valence-corrected chi connectivity index (χ2v) is 4.88. The molecule has 0 radical (unpaired) electrons. The van der Waals surface area contributed by atoms with Crippen molar-refractivity contribution in [2.24, 2.45) is 0 Å². The molecule has 1 fully saturated rings. The van der Waals surface area contributed by atoms with Gasteiger partial charge in [0.1, 0.15) is 16.1 Å². The van der Waals surface area contributed by atoms with Crippen LogP contribution in [0.4, 0.5) is 0 Å². The van der Waals surface area contributed by atoms with E-state index in [0.717, 1.165) is 16.9 Å². The molecule has 5 heteroatoms. The van der Waals surface area contributed by atoms with E-state index in [9.17, 15) is 4.79 Å². The quantitative estimate of drug-likeness (QED) is 0.593. The molecule has 1 unspecified atom stereocenters. The van der Waals surface area contributed by atoms with Crippen LogP contribution in [0.5, 0.6) is 0 Å². The first kappa shape index (κ1) is 10.7. The molecular formula is C10H11NO2S2. The molecule has 0 aromatic rings. The van der Waals surface area contributed by atoms with Crippen molar-refractivity contribution in [3.63, 3.8) is 0 Å². The predicted molar refractivity (Wildman–Crippen MR) is 64.5 cm³/mol. The van der Waals surface area contributed by atoms with Gasteiger partial charge in [0, 0.05) is 10.5 Å². The molecule has 15 heavy (non-hydrogen) atoms. The summed E-state index contributed by atoms with van der Waals surface area (Å²) in [5.74, 6) is -0.876. The molecule has 0 amide bonds. The number of carboxylic acid groups (broad SMARTS) is 1. The number of thiocarbonyl (C=S) groups is 1. The maximum atomic E-state index is 11.1. The molecule has 2 aliphatic heterocycles. The third-order valence-electron chi connectivity index (χ3n) is 2.56. The summed E-state index contributed by atoms with van der Waals surface area (Å²) in [6.07, 6.45) is 2.72. The Hall–Kier alpha value is -0.810. The van der Waals surface area contributed by atoms with Crippen molar-refractivity contribution >= 4 is 34.9 Å². The fourth-order valence-electron chi connectivity index (χ4n) is 1.82. The van der Waals surface area contributed by atoms with E-state index >= 15 is 0 Å². The molecule has 1 atom stereocenters. The van der Waals surface area contributed by atoms with Crippen LogP contribution < -0.4 is 0 Å². The first-order valence-electron chi connectivity index (χ1n) is 4.74. The van der Waals surface area contributed by atoms with Crippen molar-refractivity contribution in [3.05, 3.63) is 22.3 Å². The number of hydrogen-bond donors (Lipinski definition) is 1. The summed E-state index contributed by atoms with van der Waals surface area (Å²) in [5.41, 5.74) is 1.46. The average molecular weight is 241 g/mol. The maximum absolute atomic E-state index is 11.1. The van der Waals surface area contributed by atoms with Gasteiger partial charge in [-0.3, -0.25) is 0 Å². The van der Waals surface area contributed by atoms with Crippen LogP contribution in [0.25, 0.3) is 0 Å². The normalized spacial score (nSPS) is 27.1. The molecule has 0 aromatic carbocycles. The van der Waals surface area contributed by atoms with Crippen molar-refractivity contribution in [1.82, 2.24) is 4.90 Å². The molecular weight excluding hydrogens is 230 g/mol. The van der Waals surface area contributed by atoms with Gasteiger partial charge in [-0.05, 0) is 13.3 Å². The lowest BCUT2D eigenvalue weighted by Crippen LogP contribution is -2.50. The van der Waals surface area contributed by atoms with Gasteiger partial charge in [0.05, 0.1) is 0 Å². The van der Waals surface area contributed by atoms with E-state index in [2.05, 4.69) is 0 Å². The second kappa shape index (κ2) is 3.64. The Bertz CT molecular complexity index is 412. The van der Waals surface area contributed by atoms with E-state index in [4.69, 9.17) is 17.3 Å². The SMILES string of the molecule is C/C=C1\C(=S)N2C(C(=O)O)=C(CC)SC12. The molecule has 1 saturated heterocycles. The fraction of sp³-hybridized carbons (Fsp3) is 0.400. The summed E-state index contributed by atoms with van der Waals surface area (Å²) < 4.78 is 0. The van der Waals surface area contributed by atoms with Crippen molar-refractivity contribution in [1.29, 1.82) is 0 Å². The number of thioether (sulfide) groups is 1. The highest BCUT2D eigenvalue weighted by molar-refractivity contribution is 8.04. The molecule has 1 N–H and O–H groups in total. The van der Waals surface area contributed by atoms with Gasteiger partial charge >= 0.3 is 5.97 Å². The van der Waals surface area contributed by atoms with Crippen LogP contribution in [0, 0.1) is 0 Å². The van der Waals surface area contributed by atoms with Crippen molar-refractivity contribution < 1.29 is 9.90 Å². The van der Waals surface area contributed by atoms with Crippen LogP contribution >= 0.6 is 24.0 Å². The van der Waals surface area contributed by atoms with Crippen LogP contribution in [-0.4, -0.2) is 26.3 Å². The molecule has 0 bridgehead atoms. The van der Waals surface area contributed by atoms with E-state index in [0.29, 0.717) is 10.7 Å².